The molecule has 2 aromatic carbocycles. The molecule has 150 valence electrons. The van der Waals surface area contributed by atoms with Crippen LogP contribution >= 0.6 is 0 Å². The van der Waals surface area contributed by atoms with E-state index in [0.29, 0.717) is 18.7 Å². The van der Waals surface area contributed by atoms with Crippen molar-refractivity contribution >= 4 is 23.0 Å². The minimum absolute atomic E-state index is 0.167. The first-order valence-electron chi connectivity index (χ1n) is 9.89. The van der Waals surface area contributed by atoms with E-state index in [9.17, 15) is 9.59 Å². The molecule has 3 aromatic rings. The molecule has 1 fully saturated rings. The van der Waals surface area contributed by atoms with E-state index >= 15 is 0 Å². The molecule has 1 amide bonds. The number of ether oxygens (including phenoxy) is 1. The number of hydrogen-bond donors (Lipinski definition) is 0. The summed E-state index contributed by atoms with van der Waals surface area (Å²) >= 11 is 0. The molecule has 4 rings (SSSR count). The van der Waals surface area contributed by atoms with Gasteiger partial charge in [0.2, 0.25) is 0 Å². The molecule has 6 heteroatoms. The van der Waals surface area contributed by atoms with Gasteiger partial charge in [-0.25, -0.2) is 9.78 Å². The van der Waals surface area contributed by atoms with Crippen LogP contribution < -0.4 is 0 Å². The smallest absolute Gasteiger partial charge is 0.338 e. The first-order chi connectivity index (χ1) is 14.0. The van der Waals surface area contributed by atoms with Crippen LogP contribution in [-0.4, -0.2) is 41.5 Å². The van der Waals surface area contributed by atoms with Crippen LogP contribution in [0.3, 0.4) is 0 Å². The molecule has 0 unspecified atom stereocenters. The van der Waals surface area contributed by atoms with Gasteiger partial charge in [0.1, 0.15) is 5.52 Å². The van der Waals surface area contributed by atoms with E-state index in [1.165, 1.54) is 0 Å². The molecule has 1 aliphatic heterocycles. The van der Waals surface area contributed by atoms with Crippen LogP contribution in [0.2, 0.25) is 0 Å². The Morgan fingerprint density at radius 1 is 1.10 bits per heavy atom. The number of hydrogen-bond acceptors (Lipinski definition) is 5. The van der Waals surface area contributed by atoms with Gasteiger partial charge >= 0.3 is 5.97 Å². The van der Waals surface area contributed by atoms with Crippen molar-refractivity contribution in [1.29, 1.82) is 0 Å². The number of rotatable bonds is 4. The third kappa shape index (κ3) is 4.01. The Kier molecular flexibility index (Phi) is 5.34. The SMILES string of the molecule is Cc1cccc(C(=O)OCC(=O)N2CCC(c3nc4ccccc4o3)CC2)c1C. The number of carbonyl (C=O) groups is 2. The maximum atomic E-state index is 12.5. The molecule has 0 atom stereocenters. The second kappa shape index (κ2) is 8.07. The van der Waals surface area contributed by atoms with Crippen molar-refractivity contribution in [3.05, 3.63) is 65.0 Å². The van der Waals surface area contributed by atoms with E-state index in [1.807, 2.05) is 50.2 Å². The number of benzene rings is 2. The molecule has 1 aliphatic rings. The zero-order valence-electron chi connectivity index (χ0n) is 16.7. The van der Waals surface area contributed by atoms with E-state index < -0.39 is 5.97 Å². The molecule has 0 radical (unpaired) electrons. The van der Waals surface area contributed by atoms with Gasteiger partial charge in [0.05, 0.1) is 5.56 Å². The van der Waals surface area contributed by atoms with Gasteiger partial charge in [-0.3, -0.25) is 4.79 Å². The number of esters is 1. The van der Waals surface area contributed by atoms with Gasteiger partial charge < -0.3 is 14.1 Å². The number of para-hydroxylation sites is 2. The minimum Gasteiger partial charge on any atom is -0.452 e. The highest BCUT2D eigenvalue weighted by molar-refractivity contribution is 5.93. The first-order valence-corrected chi connectivity index (χ1v) is 9.89. The van der Waals surface area contributed by atoms with Gasteiger partial charge in [0.25, 0.3) is 5.91 Å². The summed E-state index contributed by atoms with van der Waals surface area (Å²) in [4.78, 5) is 31.1. The molecular formula is C23H24N2O4. The Labute approximate surface area is 169 Å². The number of amides is 1. The minimum atomic E-state index is -0.457. The van der Waals surface area contributed by atoms with Crippen LogP contribution in [0.1, 0.15) is 46.1 Å². The summed E-state index contributed by atoms with van der Waals surface area (Å²) < 4.78 is 11.1. The van der Waals surface area contributed by atoms with Gasteiger partial charge in [-0.05, 0) is 56.0 Å². The lowest BCUT2D eigenvalue weighted by atomic mass is 9.97. The fourth-order valence-corrected chi connectivity index (χ4v) is 3.71. The van der Waals surface area contributed by atoms with Gasteiger partial charge in [-0.1, -0.05) is 24.3 Å². The van der Waals surface area contributed by atoms with Crippen molar-refractivity contribution in [3.63, 3.8) is 0 Å². The van der Waals surface area contributed by atoms with Gasteiger partial charge in [-0.2, -0.15) is 0 Å². The maximum Gasteiger partial charge on any atom is 0.338 e. The summed E-state index contributed by atoms with van der Waals surface area (Å²) in [5.74, 6) is 0.309. The van der Waals surface area contributed by atoms with Crippen molar-refractivity contribution in [2.24, 2.45) is 0 Å². The predicted octanol–water partition coefficient (Wildman–Crippen LogP) is 4.01. The zero-order valence-corrected chi connectivity index (χ0v) is 16.7. The van der Waals surface area contributed by atoms with Crippen LogP contribution in [0, 0.1) is 13.8 Å². The molecule has 0 saturated carbocycles. The zero-order chi connectivity index (χ0) is 20.4. The van der Waals surface area contributed by atoms with Crippen molar-refractivity contribution in [2.75, 3.05) is 19.7 Å². The maximum absolute atomic E-state index is 12.5. The molecule has 29 heavy (non-hydrogen) atoms. The molecule has 6 nitrogen and oxygen atoms in total. The average Bonchev–Trinajstić information content (AvgIpc) is 3.18. The van der Waals surface area contributed by atoms with Crippen molar-refractivity contribution in [2.45, 2.75) is 32.6 Å². The number of piperidine rings is 1. The largest absolute Gasteiger partial charge is 0.452 e. The number of aryl methyl sites for hydroxylation is 1. The predicted molar refractivity (Wildman–Crippen MR) is 109 cm³/mol. The lowest BCUT2D eigenvalue weighted by molar-refractivity contribution is -0.135. The number of oxazole rings is 1. The summed E-state index contributed by atoms with van der Waals surface area (Å²) in [6, 6.07) is 13.2. The van der Waals surface area contributed by atoms with Crippen molar-refractivity contribution in [1.82, 2.24) is 9.88 Å². The van der Waals surface area contributed by atoms with Crippen LogP contribution in [0.5, 0.6) is 0 Å². The molecule has 0 spiro atoms. The first kappa shape index (κ1) is 19.2. The summed E-state index contributed by atoms with van der Waals surface area (Å²) in [6.07, 6.45) is 1.56. The number of carbonyl (C=O) groups excluding carboxylic acids is 2. The highest BCUT2D eigenvalue weighted by Crippen LogP contribution is 2.30. The molecule has 1 aromatic heterocycles. The molecule has 2 heterocycles. The normalized spacial score (nSPS) is 14.9. The Hall–Kier alpha value is -3.15. The molecule has 1 saturated heterocycles. The Balaban J connectivity index is 1.31. The topological polar surface area (TPSA) is 72.6 Å². The van der Waals surface area contributed by atoms with Crippen LogP contribution in [0.25, 0.3) is 11.1 Å². The third-order valence-corrected chi connectivity index (χ3v) is 5.66. The van der Waals surface area contributed by atoms with E-state index in [0.717, 1.165) is 41.0 Å². The van der Waals surface area contributed by atoms with Crippen LogP contribution in [-0.2, 0) is 9.53 Å². The van der Waals surface area contributed by atoms with Crippen LogP contribution in [0.15, 0.2) is 46.9 Å². The number of likely N-dealkylation sites (tertiary alicyclic amines) is 1. The number of nitrogens with zero attached hydrogens (tertiary/aromatic N) is 2. The third-order valence-electron chi connectivity index (χ3n) is 5.66. The lowest BCUT2D eigenvalue weighted by Crippen LogP contribution is -2.40. The molecule has 0 N–H and O–H groups in total. The molecule has 0 bridgehead atoms. The lowest BCUT2D eigenvalue weighted by Gasteiger charge is -2.30. The number of fused-ring (bicyclic) bond motifs is 1. The molecular weight excluding hydrogens is 368 g/mol. The van der Waals surface area contributed by atoms with E-state index in [1.54, 1.807) is 11.0 Å². The quantitative estimate of drug-likeness (QED) is 0.628. The Bertz CT molecular complexity index is 1010. The fraction of sp³-hybridized carbons (Fsp3) is 0.348. The Morgan fingerprint density at radius 2 is 1.86 bits per heavy atom. The monoisotopic (exact) mass is 392 g/mol. The van der Waals surface area contributed by atoms with Crippen LogP contribution in [0.4, 0.5) is 0 Å². The summed E-state index contributed by atoms with van der Waals surface area (Å²) in [6.45, 7) is 4.79. The van der Waals surface area contributed by atoms with Crippen molar-refractivity contribution < 1.29 is 18.7 Å². The summed E-state index contributed by atoms with van der Waals surface area (Å²) in [7, 11) is 0. The van der Waals surface area contributed by atoms with Crippen molar-refractivity contribution in [3.8, 4) is 0 Å². The van der Waals surface area contributed by atoms with E-state index in [-0.39, 0.29) is 18.4 Å². The second-order valence-corrected chi connectivity index (χ2v) is 7.50. The van der Waals surface area contributed by atoms with Gasteiger partial charge in [-0.15, -0.1) is 0 Å². The average molecular weight is 392 g/mol. The van der Waals surface area contributed by atoms with Gasteiger partial charge in [0, 0.05) is 19.0 Å². The second-order valence-electron chi connectivity index (χ2n) is 7.50. The highest BCUT2D eigenvalue weighted by Gasteiger charge is 2.27. The standard InChI is InChI=1S/C23H24N2O4/c1-15-6-5-7-18(16(15)2)23(27)28-14-21(26)25-12-10-17(11-13-25)22-24-19-8-3-4-9-20(19)29-22/h3-9,17H,10-14H2,1-2H3. The van der Waals surface area contributed by atoms with Gasteiger partial charge in [0.15, 0.2) is 18.1 Å². The highest BCUT2D eigenvalue weighted by atomic mass is 16.5. The summed E-state index contributed by atoms with van der Waals surface area (Å²) in [5, 5.41) is 0. The Morgan fingerprint density at radius 3 is 2.62 bits per heavy atom. The van der Waals surface area contributed by atoms with E-state index in [4.69, 9.17) is 9.15 Å². The number of aromatic nitrogens is 1. The summed E-state index contributed by atoms with van der Waals surface area (Å²) in [5.41, 5.74) is 4.06. The van der Waals surface area contributed by atoms with E-state index in [2.05, 4.69) is 4.98 Å². The fourth-order valence-electron chi connectivity index (χ4n) is 3.71. The molecule has 0 aliphatic carbocycles.